The SMILES string of the molecule is COc1ccc(-c2cc(C(=O)NC3CCNCC3)c(NC(N)=O)s2)cc1OC. The van der Waals surface area contributed by atoms with Gasteiger partial charge in [0.1, 0.15) is 5.00 Å². The number of primary amides is 1. The number of thiophene rings is 1. The summed E-state index contributed by atoms with van der Waals surface area (Å²) in [6.07, 6.45) is 1.74. The fourth-order valence-corrected chi connectivity index (χ4v) is 4.18. The second-order valence-electron chi connectivity index (χ2n) is 6.41. The van der Waals surface area contributed by atoms with Crippen LogP contribution in [0.1, 0.15) is 23.2 Å². The lowest BCUT2D eigenvalue weighted by Crippen LogP contribution is -2.42. The molecule has 9 heteroatoms. The Bertz CT molecular complexity index is 862. The summed E-state index contributed by atoms with van der Waals surface area (Å²) in [4.78, 5) is 25.0. The molecule has 1 aromatic carbocycles. The number of urea groups is 1. The number of carbonyl (C=O) groups excluding carboxylic acids is 2. The van der Waals surface area contributed by atoms with E-state index in [1.807, 2.05) is 12.1 Å². The molecule has 28 heavy (non-hydrogen) atoms. The molecule has 0 atom stereocenters. The predicted octanol–water partition coefficient (Wildman–Crippen LogP) is 2.40. The molecule has 1 aromatic heterocycles. The summed E-state index contributed by atoms with van der Waals surface area (Å²) in [6, 6.07) is 6.65. The smallest absolute Gasteiger partial charge is 0.317 e. The molecule has 0 radical (unpaired) electrons. The third-order valence-electron chi connectivity index (χ3n) is 4.56. The number of anilines is 1. The first kappa shape index (κ1) is 20.0. The van der Waals surface area contributed by atoms with Crippen LogP contribution in [-0.2, 0) is 0 Å². The number of piperidine rings is 1. The molecule has 0 unspecified atom stereocenters. The van der Waals surface area contributed by atoms with Gasteiger partial charge in [-0.3, -0.25) is 10.1 Å². The van der Waals surface area contributed by atoms with E-state index in [0.29, 0.717) is 22.1 Å². The topological polar surface area (TPSA) is 115 Å². The number of hydrogen-bond acceptors (Lipinski definition) is 6. The van der Waals surface area contributed by atoms with Crippen LogP contribution < -0.4 is 31.2 Å². The molecule has 0 bridgehead atoms. The monoisotopic (exact) mass is 404 g/mol. The number of ether oxygens (including phenoxy) is 2. The summed E-state index contributed by atoms with van der Waals surface area (Å²) in [6.45, 7) is 1.75. The number of benzene rings is 1. The highest BCUT2D eigenvalue weighted by Gasteiger charge is 2.22. The van der Waals surface area contributed by atoms with Crippen LogP contribution in [0, 0.1) is 0 Å². The van der Waals surface area contributed by atoms with Crippen molar-refractivity contribution >= 4 is 28.3 Å². The summed E-state index contributed by atoms with van der Waals surface area (Å²) < 4.78 is 10.6. The highest BCUT2D eigenvalue weighted by molar-refractivity contribution is 7.20. The zero-order valence-electron chi connectivity index (χ0n) is 15.8. The van der Waals surface area contributed by atoms with Crippen molar-refractivity contribution in [2.24, 2.45) is 5.73 Å². The number of methoxy groups -OCH3 is 2. The first-order valence-corrected chi connectivity index (χ1v) is 9.77. The zero-order valence-corrected chi connectivity index (χ0v) is 16.7. The van der Waals surface area contributed by atoms with Crippen molar-refractivity contribution in [1.29, 1.82) is 0 Å². The van der Waals surface area contributed by atoms with Gasteiger partial charge in [-0.1, -0.05) is 0 Å². The average molecular weight is 404 g/mol. The molecule has 150 valence electrons. The zero-order chi connectivity index (χ0) is 20.1. The summed E-state index contributed by atoms with van der Waals surface area (Å²) in [7, 11) is 3.13. The fraction of sp³-hybridized carbons (Fsp3) is 0.368. The molecule has 3 amide bonds. The van der Waals surface area contributed by atoms with E-state index >= 15 is 0 Å². The van der Waals surface area contributed by atoms with Crippen molar-refractivity contribution in [3.05, 3.63) is 29.8 Å². The van der Waals surface area contributed by atoms with Gasteiger partial charge in [0.2, 0.25) is 0 Å². The quantitative estimate of drug-likeness (QED) is 0.590. The Kier molecular flexibility index (Phi) is 6.37. The van der Waals surface area contributed by atoms with Gasteiger partial charge in [-0.2, -0.15) is 0 Å². The highest BCUT2D eigenvalue weighted by Crippen LogP contribution is 2.39. The maximum atomic E-state index is 12.8. The molecular formula is C19H24N4O4S. The summed E-state index contributed by atoms with van der Waals surface area (Å²) >= 11 is 1.28. The third kappa shape index (κ3) is 4.55. The number of nitrogens with one attached hydrogen (secondary N) is 3. The molecule has 1 saturated heterocycles. The molecule has 8 nitrogen and oxygen atoms in total. The first-order valence-electron chi connectivity index (χ1n) is 8.96. The lowest BCUT2D eigenvalue weighted by atomic mass is 10.1. The van der Waals surface area contributed by atoms with Crippen LogP contribution in [0.2, 0.25) is 0 Å². The Balaban J connectivity index is 1.91. The number of rotatable bonds is 6. The Morgan fingerprint density at radius 2 is 1.86 bits per heavy atom. The second-order valence-corrected chi connectivity index (χ2v) is 7.46. The molecule has 0 aliphatic carbocycles. The van der Waals surface area contributed by atoms with E-state index in [0.717, 1.165) is 36.4 Å². The van der Waals surface area contributed by atoms with Gasteiger partial charge >= 0.3 is 6.03 Å². The first-order chi connectivity index (χ1) is 13.5. The van der Waals surface area contributed by atoms with E-state index in [2.05, 4.69) is 16.0 Å². The van der Waals surface area contributed by atoms with Crippen molar-refractivity contribution in [2.45, 2.75) is 18.9 Å². The molecule has 1 aliphatic rings. The molecular weight excluding hydrogens is 380 g/mol. The van der Waals surface area contributed by atoms with E-state index < -0.39 is 6.03 Å². The standard InChI is InChI=1S/C19H24N4O4S/c1-26-14-4-3-11(9-15(14)27-2)16-10-13(18(28-16)23-19(20)25)17(24)22-12-5-7-21-8-6-12/h3-4,9-10,12,21H,5-8H2,1-2H3,(H,22,24)(H3,20,23,25). The van der Waals surface area contributed by atoms with Gasteiger partial charge in [0.05, 0.1) is 19.8 Å². The molecule has 2 heterocycles. The number of hydrogen-bond donors (Lipinski definition) is 4. The maximum Gasteiger partial charge on any atom is 0.317 e. The summed E-state index contributed by atoms with van der Waals surface area (Å²) in [5.74, 6) is 0.972. The van der Waals surface area contributed by atoms with Crippen LogP contribution in [0.4, 0.5) is 9.80 Å². The average Bonchev–Trinajstić information content (AvgIpc) is 3.11. The Morgan fingerprint density at radius 3 is 2.50 bits per heavy atom. The molecule has 2 aromatic rings. The lowest BCUT2D eigenvalue weighted by molar-refractivity contribution is 0.0931. The number of nitrogens with two attached hydrogens (primary N) is 1. The minimum Gasteiger partial charge on any atom is -0.493 e. The Morgan fingerprint density at radius 1 is 1.14 bits per heavy atom. The normalized spacial score (nSPS) is 14.4. The van der Waals surface area contributed by atoms with Gasteiger partial charge in [-0.25, -0.2) is 4.79 Å². The molecule has 0 saturated carbocycles. The van der Waals surface area contributed by atoms with E-state index in [1.165, 1.54) is 11.3 Å². The third-order valence-corrected chi connectivity index (χ3v) is 5.66. The number of amides is 3. The molecule has 0 spiro atoms. The maximum absolute atomic E-state index is 12.8. The van der Waals surface area contributed by atoms with Crippen molar-refractivity contribution in [1.82, 2.24) is 10.6 Å². The van der Waals surface area contributed by atoms with E-state index in [4.69, 9.17) is 15.2 Å². The minimum atomic E-state index is -0.711. The molecule has 1 aliphatic heterocycles. The van der Waals surface area contributed by atoms with Gasteiger partial charge in [0, 0.05) is 10.9 Å². The van der Waals surface area contributed by atoms with Crippen molar-refractivity contribution in [3.8, 4) is 21.9 Å². The second kappa shape index (κ2) is 8.94. The van der Waals surface area contributed by atoms with Crippen LogP contribution in [0.5, 0.6) is 11.5 Å². The largest absolute Gasteiger partial charge is 0.493 e. The van der Waals surface area contributed by atoms with Gasteiger partial charge in [0.25, 0.3) is 5.91 Å². The fourth-order valence-electron chi connectivity index (χ4n) is 3.13. The van der Waals surface area contributed by atoms with Crippen molar-refractivity contribution in [2.75, 3.05) is 32.6 Å². The Labute approximate surface area is 167 Å². The van der Waals surface area contributed by atoms with E-state index in [1.54, 1.807) is 26.4 Å². The molecule has 1 fully saturated rings. The summed E-state index contributed by atoms with van der Waals surface area (Å²) in [5, 5.41) is 9.29. The van der Waals surface area contributed by atoms with Crippen LogP contribution in [0.15, 0.2) is 24.3 Å². The van der Waals surface area contributed by atoms with Crippen LogP contribution >= 0.6 is 11.3 Å². The number of carbonyl (C=O) groups is 2. The van der Waals surface area contributed by atoms with E-state index in [-0.39, 0.29) is 11.9 Å². The van der Waals surface area contributed by atoms with Gasteiger partial charge < -0.3 is 25.8 Å². The lowest BCUT2D eigenvalue weighted by Gasteiger charge is -2.23. The van der Waals surface area contributed by atoms with Crippen molar-refractivity contribution < 1.29 is 19.1 Å². The molecule has 3 rings (SSSR count). The Hall–Kier alpha value is -2.78. The van der Waals surface area contributed by atoms with Crippen LogP contribution in [0.3, 0.4) is 0 Å². The van der Waals surface area contributed by atoms with Gasteiger partial charge in [0.15, 0.2) is 11.5 Å². The predicted molar refractivity (Wildman–Crippen MR) is 109 cm³/mol. The van der Waals surface area contributed by atoms with Gasteiger partial charge in [-0.05, 0) is 55.8 Å². The highest BCUT2D eigenvalue weighted by atomic mass is 32.1. The van der Waals surface area contributed by atoms with Gasteiger partial charge in [-0.15, -0.1) is 11.3 Å². The van der Waals surface area contributed by atoms with Crippen molar-refractivity contribution in [3.63, 3.8) is 0 Å². The van der Waals surface area contributed by atoms with E-state index in [9.17, 15) is 9.59 Å². The minimum absolute atomic E-state index is 0.111. The van der Waals surface area contributed by atoms with Crippen LogP contribution in [0.25, 0.3) is 10.4 Å². The summed E-state index contributed by atoms with van der Waals surface area (Å²) in [5.41, 5.74) is 6.53. The van der Waals surface area contributed by atoms with Crippen LogP contribution in [-0.4, -0.2) is 45.3 Å². The molecule has 5 N–H and O–H groups in total.